The lowest BCUT2D eigenvalue weighted by molar-refractivity contribution is 0.0888. The van der Waals surface area contributed by atoms with Gasteiger partial charge in [0.1, 0.15) is 0 Å². The van der Waals surface area contributed by atoms with E-state index in [2.05, 4.69) is 34.6 Å². The van der Waals surface area contributed by atoms with Gasteiger partial charge in [0.2, 0.25) is 0 Å². The third-order valence-electron chi connectivity index (χ3n) is 3.96. The second-order valence-corrected chi connectivity index (χ2v) is 6.38. The fourth-order valence-electron chi connectivity index (χ4n) is 2.42. The van der Waals surface area contributed by atoms with Gasteiger partial charge >= 0.3 is 0 Å². The van der Waals surface area contributed by atoms with E-state index in [4.69, 9.17) is 14.0 Å². The van der Waals surface area contributed by atoms with E-state index in [1.54, 1.807) is 7.05 Å². The highest BCUT2D eigenvalue weighted by Gasteiger charge is 2.15. The molecule has 1 saturated heterocycles. The maximum absolute atomic E-state index is 5.68. The van der Waals surface area contributed by atoms with Crippen LogP contribution in [0.15, 0.2) is 15.6 Å². The molecular formula is C17H30N4O3. The summed E-state index contributed by atoms with van der Waals surface area (Å²) in [7, 11) is 1.76. The van der Waals surface area contributed by atoms with Gasteiger partial charge in [-0.05, 0) is 18.8 Å². The molecule has 0 bridgehead atoms. The largest absolute Gasteiger partial charge is 0.381 e. The van der Waals surface area contributed by atoms with E-state index in [0.717, 1.165) is 63.2 Å². The summed E-state index contributed by atoms with van der Waals surface area (Å²) in [6.07, 6.45) is 2.06. The minimum absolute atomic E-state index is 0.371. The number of ether oxygens (including phenoxy) is 2. The average Bonchev–Trinajstić information content (AvgIpc) is 3.25. The number of hydrogen-bond acceptors (Lipinski definition) is 5. The van der Waals surface area contributed by atoms with Crippen molar-refractivity contribution < 1.29 is 14.0 Å². The molecule has 7 heteroatoms. The maximum atomic E-state index is 5.68. The van der Waals surface area contributed by atoms with Gasteiger partial charge in [-0.2, -0.15) is 0 Å². The van der Waals surface area contributed by atoms with E-state index in [1.807, 2.05) is 6.07 Å². The minimum Gasteiger partial charge on any atom is -0.381 e. The monoisotopic (exact) mass is 338 g/mol. The molecule has 1 unspecified atom stereocenters. The second-order valence-electron chi connectivity index (χ2n) is 6.38. The van der Waals surface area contributed by atoms with Crippen molar-refractivity contribution in [1.29, 1.82) is 0 Å². The number of nitrogens with zero attached hydrogens (tertiary/aromatic N) is 2. The van der Waals surface area contributed by atoms with Crippen molar-refractivity contribution in [2.45, 2.75) is 39.2 Å². The lowest BCUT2D eigenvalue weighted by Gasteiger charge is -2.11. The Morgan fingerprint density at radius 2 is 2.33 bits per heavy atom. The van der Waals surface area contributed by atoms with Crippen LogP contribution in [-0.4, -0.2) is 51.1 Å². The van der Waals surface area contributed by atoms with Gasteiger partial charge in [0.25, 0.3) is 0 Å². The molecule has 0 aliphatic carbocycles. The van der Waals surface area contributed by atoms with Crippen LogP contribution in [0.25, 0.3) is 0 Å². The first-order chi connectivity index (χ1) is 11.7. The van der Waals surface area contributed by atoms with Gasteiger partial charge in [-0.1, -0.05) is 19.0 Å². The summed E-state index contributed by atoms with van der Waals surface area (Å²) in [4.78, 5) is 4.20. The normalized spacial score (nSPS) is 18.3. The number of guanidine groups is 1. The molecule has 7 nitrogen and oxygen atoms in total. The molecule has 0 radical (unpaired) electrons. The SMILES string of the molecule is CN=C(NCCCOCC1CCOC1)NCc1cc(C(C)C)no1. The molecule has 1 atom stereocenters. The van der Waals surface area contributed by atoms with Crippen molar-refractivity contribution >= 4 is 5.96 Å². The number of nitrogens with one attached hydrogen (secondary N) is 2. The Morgan fingerprint density at radius 3 is 3.00 bits per heavy atom. The third kappa shape index (κ3) is 6.49. The van der Waals surface area contributed by atoms with E-state index >= 15 is 0 Å². The van der Waals surface area contributed by atoms with Crippen molar-refractivity contribution in [3.05, 3.63) is 17.5 Å². The molecule has 2 rings (SSSR count). The summed E-state index contributed by atoms with van der Waals surface area (Å²) >= 11 is 0. The number of rotatable bonds is 9. The van der Waals surface area contributed by atoms with Crippen LogP contribution in [0.5, 0.6) is 0 Å². The highest BCUT2D eigenvalue weighted by Crippen LogP contribution is 2.13. The Kier molecular flexibility index (Phi) is 8.04. The van der Waals surface area contributed by atoms with Gasteiger partial charge in [0, 0.05) is 38.8 Å². The average molecular weight is 338 g/mol. The van der Waals surface area contributed by atoms with Gasteiger partial charge in [-0.25, -0.2) is 0 Å². The lowest BCUT2D eigenvalue weighted by Crippen LogP contribution is -2.37. The summed E-state index contributed by atoms with van der Waals surface area (Å²) in [5, 5.41) is 10.5. The molecule has 0 spiro atoms. The fraction of sp³-hybridized carbons (Fsp3) is 0.765. The molecule has 1 aliphatic rings. The number of aliphatic imine (C=N–C) groups is 1. The van der Waals surface area contributed by atoms with Crippen LogP contribution < -0.4 is 10.6 Å². The maximum Gasteiger partial charge on any atom is 0.191 e. The molecule has 2 N–H and O–H groups in total. The Bertz CT molecular complexity index is 496. The van der Waals surface area contributed by atoms with Crippen LogP contribution in [0.3, 0.4) is 0 Å². The van der Waals surface area contributed by atoms with Crippen molar-refractivity contribution in [2.24, 2.45) is 10.9 Å². The highest BCUT2D eigenvalue weighted by molar-refractivity contribution is 5.79. The molecule has 0 amide bonds. The smallest absolute Gasteiger partial charge is 0.191 e. The van der Waals surface area contributed by atoms with Crippen molar-refractivity contribution in [3.63, 3.8) is 0 Å². The quantitative estimate of drug-likeness (QED) is 0.407. The van der Waals surface area contributed by atoms with E-state index in [9.17, 15) is 0 Å². The summed E-state index contributed by atoms with van der Waals surface area (Å²) in [5.74, 6) is 2.51. The number of hydrogen-bond donors (Lipinski definition) is 2. The van der Waals surface area contributed by atoms with E-state index in [-0.39, 0.29) is 0 Å². The third-order valence-corrected chi connectivity index (χ3v) is 3.96. The molecule has 2 heterocycles. The Labute approximate surface area is 144 Å². The van der Waals surface area contributed by atoms with E-state index in [1.165, 1.54) is 0 Å². The molecule has 1 aromatic rings. The summed E-state index contributed by atoms with van der Waals surface area (Å²) < 4.78 is 16.3. The lowest BCUT2D eigenvalue weighted by atomic mass is 10.1. The predicted octanol–water partition coefficient (Wildman–Crippen LogP) is 1.91. The van der Waals surface area contributed by atoms with Crippen molar-refractivity contribution in [3.8, 4) is 0 Å². The van der Waals surface area contributed by atoms with Crippen LogP contribution in [0.1, 0.15) is 44.1 Å². The highest BCUT2D eigenvalue weighted by atomic mass is 16.5. The molecule has 136 valence electrons. The summed E-state index contributed by atoms with van der Waals surface area (Å²) in [6, 6.07) is 1.98. The van der Waals surface area contributed by atoms with Crippen LogP contribution in [0.2, 0.25) is 0 Å². The molecule has 1 aromatic heterocycles. The van der Waals surface area contributed by atoms with Gasteiger partial charge in [0.05, 0.1) is 25.5 Å². The summed E-state index contributed by atoms with van der Waals surface area (Å²) in [6.45, 7) is 8.84. The molecule has 24 heavy (non-hydrogen) atoms. The van der Waals surface area contributed by atoms with Crippen LogP contribution in [-0.2, 0) is 16.0 Å². The zero-order chi connectivity index (χ0) is 17.2. The topological polar surface area (TPSA) is 80.9 Å². The minimum atomic E-state index is 0.371. The number of aromatic nitrogens is 1. The van der Waals surface area contributed by atoms with Gasteiger partial charge in [-0.3, -0.25) is 4.99 Å². The van der Waals surface area contributed by atoms with E-state index in [0.29, 0.717) is 18.4 Å². The van der Waals surface area contributed by atoms with Crippen LogP contribution >= 0.6 is 0 Å². The first-order valence-corrected chi connectivity index (χ1v) is 8.74. The zero-order valence-electron chi connectivity index (χ0n) is 15.0. The summed E-state index contributed by atoms with van der Waals surface area (Å²) in [5.41, 5.74) is 0.972. The van der Waals surface area contributed by atoms with E-state index < -0.39 is 0 Å². The van der Waals surface area contributed by atoms with Crippen LogP contribution in [0.4, 0.5) is 0 Å². The second kappa shape index (κ2) is 10.3. The Balaban J connectivity index is 1.54. The first kappa shape index (κ1) is 18.7. The molecular weight excluding hydrogens is 308 g/mol. The predicted molar refractivity (Wildman–Crippen MR) is 93.2 cm³/mol. The van der Waals surface area contributed by atoms with Gasteiger partial charge in [-0.15, -0.1) is 0 Å². The molecule has 1 fully saturated rings. The fourth-order valence-corrected chi connectivity index (χ4v) is 2.42. The standard InChI is InChI=1S/C17H30N4O3/c1-13(2)16-9-15(24-21-16)10-20-17(18-3)19-6-4-7-22-11-14-5-8-23-12-14/h9,13-14H,4-8,10-12H2,1-3H3,(H2,18,19,20). The van der Waals surface area contributed by atoms with Crippen LogP contribution in [0, 0.1) is 5.92 Å². The Hall–Kier alpha value is -1.60. The first-order valence-electron chi connectivity index (χ1n) is 8.74. The Morgan fingerprint density at radius 1 is 1.46 bits per heavy atom. The molecule has 0 aromatic carbocycles. The zero-order valence-corrected chi connectivity index (χ0v) is 15.0. The van der Waals surface area contributed by atoms with Gasteiger partial charge in [0.15, 0.2) is 11.7 Å². The molecule has 0 saturated carbocycles. The molecule has 1 aliphatic heterocycles. The van der Waals surface area contributed by atoms with Gasteiger partial charge < -0.3 is 24.6 Å². The van der Waals surface area contributed by atoms with Crippen molar-refractivity contribution in [2.75, 3.05) is 40.0 Å². The van der Waals surface area contributed by atoms with Crippen molar-refractivity contribution in [1.82, 2.24) is 15.8 Å².